The van der Waals surface area contributed by atoms with E-state index in [-0.39, 0.29) is 29.9 Å². The van der Waals surface area contributed by atoms with Gasteiger partial charge in [-0.3, -0.25) is 9.59 Å². The fraction of sp³-hybridized carbons (Fsp3) is 0.333. The number of rotatable bonds is 4. The van der Waals surface area contributed by atoms with Gasteiger partial charge in [-0.15, -0.1) is 0 Å². The van der Waals surface area contributed by atoms with E-state index in [2.05, 4.69) is 5.32 Å². The number of carbonyl (C=O) groups is 2. The summed E-state index contributed by atoms with van der Waals surface area (Å²) >= 11 is 6.16. The second-order valence-corrected chi connectivity index (χ2v) is 7.67. The minimum atomic E-state index is -0.910. The van der Waals surface area contributed by atoms with Crippen molar-refractivity contribution in [1.29, 1.82) is 0 Å². The van der Waals surface area contributed by atoms with E-state index >= 15 is 0 Å². The Balaban J connectivity index is 1.96. The molecular formula is C21H23ClN2O3. The molecule has 1 heterocycles. The molecule has 0 bridgehead atoms. The highest BCUT2D eigenvalue weighted by Crippen LogP contribution is 2.36. The minimum Gasteiger partial charge on any atom is -0.508 e. The van der Waals surface area contributed by atoms with Gasteiger partial charge in [-0.1, -0.05) is 41.9 Å². The summed E-state index contributed by atoms with van der Waals surface area (Å²) in [5, 5.41) is 13.7. The Hall–Kier alpha value is -2.53. The first-order chi connectivity index (χ1) is 12.8. The van der Waals surface area contributed by atoms with Crippen LogP contribution in [0.15, 0.2) is 48.5 Å². The predicted molar refractivity (Wildman–Crippen MR) is 105 cm³/mol. The van der Waals surface area contributed by atoms with Gasteiger partial charge in [-0.2, -0.15) is 0 Å². The van der Waals surface area contributed by atoms with Gasteiger partial charge in [0.05, 0.1) is 0 Å². The summed E-state index contributed by atoms with van der Waals surface area (Å²) in [7, 11) is 0. The molecule has 1 aliphatic rings. The molecule has 2 aromatic rings. The summed E-state index contributed by atoms with van der Waals surface area (Å²) in [6, 6.07) is 14.3. The van der Waals surface area contributed by atoms with Crippen molar-refractivity contribution < 1.29 is 14.7 Å². The Morgan fingerprint density at radius 2 is 2.00 bits per heavy atom. The molecule has 0 saturated carbocycles. The molecule has 6 heteroatoms. The lowest BCUT2D eigenvalue weighted by molar-refractivity contribution is -0.149. The average Bonchev–Trinajstić information content (AvgIpc) is 2.62. The topological polar surface area (TPSA) is 69.6 Å². The van der Waals surface area contributed by atoms with Crippen LogP contribution in [-0.4, -0.2) is 40.4 Å². The van der Waals surface area contributed by atoms with Crippen LogP contribution in [0.3, 0.4) is 0 Å². The largest absolute Gasteiger partial charge is 0.508 e. The molecule has 2 amide bonds. The maximum absolute atomic E-state index is 13.1. The number of benzene rings is 2. The molecule has 27 heavy (non-hydrogen) atoms. The predicted octanol–water partition coefficient (Wildman–Crippen LogP) is 3.30. The summed E-state index contributed by atoms with van der Waals surface area (Å²) in [6.07, 6.45) is 0.134. The monoisotopic (exact) mass is 386 g/mol. The molecule has 0 radical (unpaired) electrons. The normalized spacial score (nSPS) is 17.3. The molecule has 2 N–H and O–H groups in total. The average molecular weight is 387 g/mol. The van der Waals surface area contributed by atoms with E-state index < -0.39 is 5.54 Å². The maximum atomic E-state index is 13.1. The first-order valence-corrected chi connectivity index (χ1v) is 9.30. The van der Waals surface area contributed by atoms with Crippen molar-refractivity contribution in [2.75, 3.05) is 13.1 Å². The summed E-state index contributed by atoms with van der Waals surface area (Å²) in [6.45, 7) is 4.38. The Morgan fingerprint density at radius 1 is 1.26 bits per heavy atom. The summed E-state index contributed by atoms with van der Waals surface area (Å²) < 4.78 is 0. The molecule has 2 aromatic carbocycles. The van der Waals surface area contributed by atoms with Crippen LogP contribution in [0, 0.1) is 0 Å². The molecule has 1 fully saturated rings. The van der Waals surface area contributed by atoms with Gasteiger partial charge in [0, 0.05) is 36.0 Å². The number of carbonyl (C=O) groups excluding carboxylic acids is 2. The number of nitrogens with zero attached hydrogens (tertiary/aromatic N) is 1. The number of amides is 2. The third kappa shape index (κ3) is 3.93. The molecule has 0 aliphatic carbocycles. The van der Waals surface area contributed by atoms with Crippen LogP contribution in [0.1, 0.15) is 37.3 Å². The molecule has 142 valence electrons. The van der Waals surface area contributed by atoms with Crippen molar-refractivity contribution in [3.05, 3.63) is 64.7 Å². The van der Waals surface area contributed by atoms with Gasteiger partial charge in [0.1, 0.15) is 11.3 Å². The van der Waals surface area contributed by atoms with E-state index in [4.69, 9.17) is 11.6 Å². The first-order valence-electron chi connectivity index (χ1n) is 8.93. The summed E-state index contributed by atoms with van der Waals surface area (Å²) in [4.78, 5) is 27.0. The smallest absolute Gasteiger partial charge is 0.245 e. The Kier molecular flexibility index (Phi) is 5.42. The van der Waals surface area contributed by atoms with Crippen LogP contribution in [0.4, 0.5) is 0 Å². The van der Waals surface area contributed by atoms with E-state index in [9.17, 15) is 14.7 Å². The number of piperazine rings is 1. The third-order valence-corrected chi connectivity index (χ3v) is 5.33. The molecule has 0 aromatic heterocycles. The SMILES string of the molecule is CC1(C)C(=O)NCCN1C(=O)C[C@H](c1cccc(Cl)c1)c1ccccc1O. The van der Waals surface area contributed by atoms with Gasteiger partial charge in [-0.05, 0) is 37.6 Å². The van der Waals surface area contributed by atoms with Crippen LogP contribution >= 0.6 is 11.6 Å². The zero-order chi connectivity index (χ0) is 19.6. The van der Waals surface area contributed by atoms with Crippen LogP contribution in [0.2, 0.25) is 5.02 Å². The standard InChI is InChI=1S/C21H23ClN2O3/c1-21(2)20(27)23-10-11-24(21)19(26)13-17(14-6-5-7-15(22)12-14)16-8-3-4-9-18(16)25/h3-9,12,17,25H,10-11,13H2,1-2H3,(H,23,27)/t17-/m1/s1. The summed E-state index contributed by atoms with van der Waals surface area (Å²) in [5.74, 6) is -0.531. The number of halogens is 1. The molecule has 1 atom stereocenters. The van der Waals surface area contributed by atoms with Crippen molar-refractivity contribution >= 4 is 23.4 Å². The number of phenolic OH excluding ortho intramolecular Hbond substituents is 1. The van der Waals surface area contributed by atoms with E-state index in [0.29, 0.717) is 23.7 Å². The van der Waals surface area contributed by atoms with Gasteiger partial charge in [0.15, 0.2) is 0 Å². The molecule has 5 nitrogen and oxygen atoms in total. The van der Waals surface area contributed by atoms with Gasteiger partial charge in [-0.25, -0.2) is 0 Å². The highest BCUT2D eigenvalue weighted by atomic mass is 35.5. The third-order valence-electron chi connectivity index (χ3n) is 5.09. The van der Waals surface area contributed by atoms with Crippen molar-refractivity contribution in [1.82, 2.24) is 10.2 Å². The quantitative estimate of drug-likeness (QED) is 0.847. The fourth-order valence-electron chi connectivity index (χ4n) is 3.53. The fourth-order valence-corrected chi connectivity index (χ4v) is 3.73. The minimum absolute atomic E-state index is 0.130. The van der Waals surface area contributed by atoms with Crippen LogP contribution in [-0.2, 0) is 9.59 Å². The highest BCUT2D eigenvalue weighted by Gasteiger charge is 2.41. The second kappa shape index (κ2) is 7.61. The maximum Gasteiger partial charge on any atom is 0.245 e. The Morgan fingerprint density at radius 3 is 2.70 bits per heavy atom. The number of para-hydroxylation sites is 1. The lowest BCUT2D eigenvalue weighted by Crippen LogP contribution is -2.63. The number of hydrogen-bond donors (Lipinski definition) is 2. The highest BCUT2D eigenvalue weighted by molar-refractivity contribution is 6.30. The van der Waals surface area contributed by atoms with Crippen molar-refractivity contribution in [3.63, 3.8) is 0 Å². The Labute approximate surface area is 163 Å². The molecule has 3 rings (SSSR count). The number of hydrogen-bond acceptors (Lipinski definition) is 3. The molecular weight excluding hydrogens is 364 g/mol. The van der Waals surface area contributed by atoms with Gasteiger partial charge >= 0.3 is 0 Å². The van der Waals surface area contributed by atoms with Crippen molar-refractivity contribution in [2.24, 2.45) is 0 Å². The van der Waals surface area contributed by atoms with Crippen molar-refractivity contribution in [2.45, 2.75) is 31.7 Å². The first kappa shape index (κ1) is 19.2. The molecule has 1 aliphatic heterocycles. The number of phenols is 1. The molecule has 1 saturated heterocycles. The molecule has 0 spiro atoms. The van der Waals surface area contributed by atoms with E-state index in [1.807, 2.05) is 24.3 Å². The van der Waals surface area contributed by atoms with Gasteiger partial charge in [0.2, 0.25) is 11.8 Å². The van der Waals surface area contributed by atoms with Crippen LogP contribution in [0.5, 0.6) is 5.75 Å². The van der Waals surface area contributed by atoms with Gasteiger partial charge in [0.25, 0.3) is 0 Å². The van der Waals surface area contributed by atoms with E-state index in [0.717, 1.165) is 5.56 Å². The van der Waals surface area contributed by atoms with E-state index in [1.54, 1.807) is 43.0 Å². The van der Waals surface area contributed by atoms with Crippen LogP contribution in [0.25, 0.3) is 0 Å². The van der Waals surface area contributed by atoms with Crippen LogP contribution < -0.4 is 5.32 Å². The number of nitrogens with one attached hydrogen (secondary N) is 1. The lowest BCUT2D eigenvalue weighted by atomic mass is 9.86. The molecule has 0 unspecified atom stereocenters. The van der Waals surface area contributed by atoms with Crippen molar-refractivity contribution in [3.8, 4) is 5.75 Å². The zero-order valence-electron chi connectivity index (χ0n) is 15.4. The zero-order valence-corrected chi connectivity index (χ0v) is 16.2. The second-order valence-electron chi connectivity index (χ2n) is 7.23. The summed E-state index contributed by atoms with van der Waals surface area (Å²) in [5.41, 5.74) is 0.594. The lowest BCUT2D eigenvalue weighted by Gasteiger charge is -2.41. The van der Waals surface area contributed by atoms with E-state index in [1.165, 1.54) is 0 Å². The number of aromatic hydroxyl groups is 1. The Bertz CT molecular complexity index is 866. The van der Waals surface area contributed by atoms with Gasteiger partial charge < -0.3 is 15.3 Å².